The molecule has 0 unspecified atom stereocenters. The van der Waals surface area contributed by atoms with Gasteiger partial charge in [0.05, 0.1) is 19.3 Å². The molecule has 0 aliphatic heterocycles. The number of aliphatic carboxylic acids is 1. The van der Waals surface area contributed by atoms with Gasteiger partial charge in [-0.05, 0) is 38.5 Å². The van der Waals surface area contributed by atoms with Crippen molar-refractivity contribution in [2.75, 3.05) is 13.7 Å². The summed E-state index contributed by atoms with van der Waals surface area (Å²) in [6, 6.07) is 7.38. The lowest BCUT2D eigenvalue weighted by molar-refractivity contribution is -0.147. The van der Waals surface area contributed by atoms with E-state index < -0.39 is 5.97 Å². The average molecular weight is 295 g/mol. The Morgan fingerprint density at radius 2 is 1.86 bits per heavy atom. The zero-order valence-electron chi connectivity index (χ0n) is 12.8. The highest BCUT2D eigenvalue weighted by atomic mass is 16.5. The second-order valence-corrected chi connectivity index (χ2v) is 5.05. The van der Waals surface area contributed by atoms with Crippen LogP contribution < -0.4 is 4.74 Å². The minimum absolute atomic E-state index is 0.219. The van der Waals surface area contributed by atoms with Crippen molar-refractivity contribution in [1.29, 1.82) is 0 Å². The maximum absolute atomic E-state index is 9.92. The van der Waals surface area contributed by atoms with Gasteiger partial charge >= 0.3 is 5.97 Å². The molecule has 1 N–H and O–H groups in total. The number of carbonyl (C=O) groups excluding carboxylic acids is 1. The van der Waals surface area contributed by atoms with Gasteiger partial charge in [0.15, 0.2) is 0 Å². The highest BCUT2D eigenvalue weighted by Crippen LogP contribution is 2.11. The van der Waals surface area contributed by atoms with Crippen LogP contribution >= 0.6 is 0 Å². The van der Waals surface area contributed by atoms with Crippen LogP contribution in [-0.4, -0.2) is 36.5 Å². The first-order chi connectivity index (χ1) is 9.78. The highest BCUT2D eigenvalue weighted by Gasteiger charge is 2.11. The van der Waals surface area contributed by atoms with Crippen molar-refractivity contribution in [1.82, 2.24) is 0 Å². The largest absolute Gasteiger partial charge is 0.497 e. The van der Waals surface area contributed by atoms with Crippen LogP contribution in [0.4, 0.5) is 0 Å². The lowest BCUT2D eigenvalue weighted by Gasteiger charge is -2.17. The Morgan fingerprint density at radius 3 is 2.19 bits per heavy atom. The fraction of sp³-hybridized carbons (Fsp3) is 0.467. The van der Waals surface area contributed by atoms with Crippen molar-refractivity contribution in [3.8, 4) is 5.75 Å². The van der Waals surface area contributed by atoms with E-state index in [4.69, 9.17) is 14.6 Å². The van der Waals surface area contributed by atoms with E-state index in [1.807, 2.05) is 45.0 Å². The maximum Gasteiger partial charge on any atom is 0.329 e. The van der Waals surface area contributed by atoms with Gasteiger partial charge in [0.2, 0.25) is 6.08 Å². The molecule has 1 aromatic carbocycles. The molecule has 21 heavy (non-hydrogen) atoms. The standard InChI is InChI=1S/C9H9NO2.C6H12O3/c1-12-9-4-2-8(3-5-9)6-10-7-11;1-6(2,3)9-4-5(7)8/h2-5H,6H2,1H3;4H2,1-3H3,(H,7,8). The average Bonchev–Trinajstić information content (AvgIpc) is 2.43. The van der Waals surface area contributed by atoms with Crippen LogP contribution in [0.15, 0.2) is 29.3 Å². The van der Waals surface area contributed by atoms with Gasteiger partial charge in [-0.1, -0.05) is 12.1 Å². The molecule has 0 radical (unpaired) electrons. The smallest absolute Gasteiger partial charge is 0.329 e. The predicted octanol–water partition coefficient (Wildman–Crippen LogP) is 2.42. The molecule has 6 heteroatoms. The van der Waals surface area contributed by atoms with Crippen LogP contribution in [0.2, 0.25) is 0 Å². The number of methoxy groups -OCH3 is 1. The van der Waals surface area contributed by atoms with Gasteiger partial charge < -0.3 is 14.6 Å². The van der Waals surface area contributed by atoms with Gasteiger partial charge in [-0.2, -0.15) is 0 Å². The molecule has 0 aromatic heterocycles. The predicted molar refractivity (Wildman–Crippen MR) is 78.2 cm³/mol. The molecule has 0 bridgehead atoms. The van der Waals surface area contributed by atoms with E-state index >= 15 is 0 Å². The first-order valence-electron chi connectivity index (χ1n) is 6.31. The van der Waals surface area contributed by atoms with Crippen LogP contribution in [0, 0.1) is 0 Å². The summed E-state index contributed by atoms with van der Waals surface area (Å²) in [5.74, 6) is -0.126. The molecule has 0 aliphatic rings. The molecule has 0 aliphatic carbocycles. The Balaban J connectivity index is 0.000000400. The number of ether oxygens (including phenoxy) is 2. The highest BCUT2D eigenvalue weighted by molar-refractivity contribution is 5.68. The second kappa shape index (κ2) is 9.69. The molecule has 0 amide bonds. The normalized spacial score (nSPS) is 9.90. The summed E-state index contributed by atoms with van der Waals surface area (Å²) in [7, 11) is 1.61. The summed E-state index contributed by atoms with van der Waals surface area (Å²) in [4.78, 5) is 23.2. The topological polar surface area (TPSA) is 85.2 Å². The number of aliphatic imine (C=N–C) groups is 1. The molecular weight excluding hydrogens is 274 g/mol. The summed E-state index contributed by atoms with van der Waals surface area (Å²) in [5.41, 5.74) is 0.623. The van der Waals surface area contributed by atoms with Crippen LogP contribution in [0.3, 0.4) is 0 Å². The number of benzene rings is 1. The van der Waals surface area contributed by atoms with Crippen molar-refractivity contribution < 1.29 is 24.2 Å². The molecule has 1 aromatic rings. The van der Waals surface area contributed by atoms with Gasteiger partial charge in [-0.15, -0.1) is 0 Å². The fourth-order valence-electron chi connectivity index (χ4n) is 1.13. The number of hydrogen-bond acceptors (Lipinski definition) is 5. The Bertz CT molecular complexity index is 470. The van der Waals surface area contributed by atoms with Crippen molar-refractivity contribution in [2.45, 2.75) is 32.9 Å². The molecular formula is C15H21NO5. The Hall–Kier alpha value is -2.17. The number of hydrogen-bond donors (Lipinski definition) is 1. The number of carboxylic acid groups (broad SMARTS) is 1. The zero-order valence-corrected chi connectivity index (χ0v) is 12.8. The van der Waals surface area contributed by atoms with Crippen molar-refractivity contribution in [3.05, 3.63) is 29.8 Å². The SMILES string of the molecule is CC(C)(C)OCC(=O)O.COc1ccc(CN=C=O)cc1. The summed E-state index contributed by atoms with van der Waals surface area (Å²) in [5, 5.41) is 8.15. The van der Waals surface area contributed by atoms with Crippen molar-refractivity contribution >= 4 is 12.0 Å². The van der Waals surface area contributed by atoms with Gasteiger partial charge in [-0.25, -0.2) is 14.6 Å². The number of isocyanates is 1. The first kappa shape index (κ1) is 18.8. The summed E-state index contributed by atoms with van der Waals surface area (Å²) < 4.78 is 9.86. The Labute approximate surface area is 124 Å². The molecule has 0 atom stereocenters. The molecule has 1 rings (SSSR count). The molecule has 6 nitrogen and oxygen atoms in total. The van der Waals surface area contributed by atoms with E-state index in [1.165, 1.54) is 6.08 Å². The van der Waals surface area contributed by atoms with Gasteiger partial charge in [-0.3, -0.25) is 0 Å². The lowest BCUT2D eigenvalue weighted by atomic mass is 10.2. The Kier molecular flexibility index (Phi) is 8.69. The Morgan fingerprint density at radius 1 is 1.29 bits per heavy atom. The molecule has 0 heterocycles. The van der Waals surface area contributed by atoms with Crippen LogP contribution in [0.25, 0.3) is 0 Å². The first-order valence-corrected chi connectivity index (χ1v) is 6.31. The number of carbonyl (C=O) groups is 1. The molecule has 0 saturated heterocycles. The van der Waals surface area contributed by atoms with E-state index in [-0.39, 0.29) is 12.2 Å². The fourth-order valence-corrected chi connectivity index (χ4v) is 1.13. The summed E-state index contributed by atoms with van der Waals surface area (Å²) >= 11 is 0. The number of nitrogens with zero attached hydrogens (tertiary/aromatic N) is 1. The van der Waals surface area contributed by atoms with Crippen LogP contribution in [0.1, 0.15) is 26.3 Å². The third-order valence-corrected chi connectivity index (χ3v) is 2.11. The van der Waals surface area contributed by atoms with E-state index in [0.717, 1.165) is 11.3 Å². The molecule has 0 spiro atoms. The lowest BCUT2D eigenvalue weighted by Crippen LogP contribution is -2.23. The van der Waals surface area contributed by atoms with E-state index in [9.17, 15) is 9.59 Å². The third-order valence-electron chi connectivity index (χ3n) is 2.11. The van der Waals surface area contributed by atoms with E-state index in [0.29, 0.717) is 6.54 Å². The maximum atomic E-state index is 9.92. The molecule has 0 saturated carbocycles. The van der Waals surface area contributed by atoms with Gasteiger partial charge in [0.1, 0.15) is 12.4 Å². The summed E-state index contributed by atoms with van der Waals surface area (Å²) in [6.45, 7) is 5.61. The van der Waals surface area contributed by atoms with Gasteiger partial charge in [0.25, 0.3) is 0 Å². The zero-order chi connectivity index (χ0) is 16.3. The number of carboxylic acids is 1. The van der Waals surface area contributed by atoms with Crippen LogP contribution in [0.5, 0.6) is 5.75 Å². The quantitative estimate of drug-likeness (QED) is 0.666. The molecule has 0 fully saturated rings. The monoisotopic (exact) mass is 295 g/mol. The van der Waals surface area contributed by atoms with E-state index in [2.05, 4.69) is 4.99 Å². The summed E-state index contributed by atoms with van der Waals surface area (Å²) in [6.07, 6.45) is 1.49. The van der Waals surface area contributed by atoms with E-state index in [1.54, 1.807) is 7.11 Å². The van der Waals surface area contributed by atoms with Crippen molar-refractivity contribution in [2.24, 2.45) is 4.99 Å². The minimum Gasteiger partial charge on any atom is -0.497 e. The molecule has 116 valence electrons. The van der Waals surface area contributed by atoms with Crippen LogP contribution in [-0.2, 0) is 20.9 Å². The second-order valence-electron chi connectivity index (χ2n) is 5.05. The van der Waals surface area contributed by atoms with Gasteiger partial charge in [0, 0.05) is 0 Å². The number of rotatable bonds is 5. The van der Waals surface area contributed by atoms with Crippen molar-refractivity contribution in [3.63, 3.8) is 0 Å². The third kappa shape index (κ3) is 11.4. The minimum atomic E-state index is -0.926.